The van der Waals surface area contributed by atoms with Crippen LogP contribution in [-0.4, -0.2) is 24.3 Å². The molecule has 0 aliphatic heterocycles. The minimum absolute atomic E-state index is 0.0596. The fraction of sp³-hybridized carbons (Fsp3) is 0.875. The Hall–Kier alpha value is -1.33. The normalized spacial score (nSPS) is 9.50. The van der Waals surface area contributed by atoms with E-state index in [0.29, 0.717) is 13.0 Å². The molecule has 0 bridgehead atoms. The Bertz CT molecular complexity index is 183. The lowest BCUT2D eigenvalue weighted by atomic mass is 10.3. The van der Waals surface area contributed by atoms with Gasteiger partial charge in [-0.25, -0.2) is 0 Å². The summed E-state index contributed by atoms with van der Waals surface area (Å²) in [7, 11) is 0. The van der Waals surface area contributed by atoms with Crippen LogP contribution in [-0.2, 0) is 14.4 Å². The molecule has 0 spiro atoms. The van der Waals surface area contributed by atoms with Crippen LogP contribution in [0.3, 0.4) is 0 Å². The van der Waals surface area contributed by atoms with Crippen molar-refractivity contribution in [1.82, 2.24) is 0 Å². The van der Waals surface area contributed by atoms with Crippen molar-refractivity contribution in [1.29, 1.82) is 0 Å². The highest BCUT2D eigenvalue weighted by Gasteiger charge is 2.02. The van der Waals surface area contributed by atoms with E-state index >= 15 is 0 Å². The number of rotatable bonds is 8. The molecule has 0 aromatic rings. The van der Waals surface area contributed by atoms with Crippen LogP contribution < -0.4 is 0 Å². The highest BCUT2D eigenvalue weighted by atomic mass is 16.9. The van der Waals surface area contributed by atoms with Crippen LogP contribution in [0.15, 0.2) is 0 Å². The van der Waals surface area contributed by atoms with E-state index in [4.69, 9.17) is 4.74 Å². The Morgan fingerprint density at radius 2 is 2.07 bits per heavy atom. The van der Waals surface area contributed by atoms with E-state index in [0.717, 1.165) is 12.8 Å². The van der Waals surface area contributed by atoms with Crippen molar-refractivity contribution in [3.8, 4) is 0 Å². The Kier molecular flexibility index (Phi) is 7.49. The number of carbonyl (C=O) groups is 1. The zero-order chi connectivity index (χ0) is 10.8. The van der Waals surface area contributed by atoms with Crippen LogP contribution in [0.1, 0.15) is 32.6 Å². The second-order valence-electron chi connectivity index (χ2n) is 2.73. The zero-order valence-electron chi connectivity index (χ0n) is 8.23. The van der Waals surface area contributed by atoms with Gasteiger partial charge in [-0.3, -0.25) is 4.79 Å². The Morgan fingerprint density at radius 1 is 1.36 bits per heavy atom. The lowest BCUT2D eigenvalue weighted by Gasteiger charge is -2.02. The van der Waals surface area contributed by atoms with E-state index in [9.17, 15) is 14.9 Å². The third-order valence-corrected chi connectivity index (χ3v) is 1.48. The molecule has 0 N–H and O–H groups in total. The van der Waals surface area contributed by atoms with Crippen LogP contribution in [0.4, 0.5) is 0 Å². The minimum atomic E-state index is -0.873. The summed E-state index contributed by atoms with van der Waals surface area (Å²) >= 11 is 0. The molecular formula is C8H15NO5. The summed E-state index contributed by atoms with van der Waals surface area (Å²) < 4.78 is 4.83. The van der Waals surface area contributed by atoms with Gasteiger partial charge >= 0.3 is 5.97 Å². The maximum Gasteiger partial charge on any atom is 0.305 e. The van der Waals surface area contributed by atoms with Crippen LogP contribution in [0.2, 0.25) is 0 Å². The summed E-state index contributed by atoms with van der Waals surface area (Å²) in [6.45, 7) is 2.36. The maximum atomic E-state index is 10.9. The predicted molar refractivity (Wildman–Crippen MR) is 48.0 cm³/mol. The molecular weight excluding hydrogens is 190 g/mol. The number of esters is 1. The zero-order valence-corrected chi connectivity index (χ0v) is 8.23. The van der Waals surface area contributed by atoms with Crippen molar-refractivity contribution in [2.75, 3.05) is 13.2 Å². The molecule has 6 heteroatoms. The standard InChI is InChI=1S/C8H15NO5/c1-2-3-6-13-8(10)5-4-7-14-9(11)12/h2-7H2,1H3. The predicted octanol–water partition coefficient (Wildman–Crippen LogP) is 1.32. The minimum Gasteiger partial charge on any atom is -0.466 e. The van der Waals surface area contributed by atoms with Crippen LogP contribution in [0, 0.1) is 10.1 Å². The Morgan fingerprint density at radius 3 is 2.64 bits per heavy atom. The monoisotopic (exact) mass is 205 g/mol. The molecule has 82 valence electrons. The van der Waals surface area contributed by atoms with Crippen molar-refractivity contribution in [3.05, 3.63) is 10.1 Å². The van der Waals surface area contributed by atoms with Crippen molar-refractivity contribution >= 4 is 5.97 Å². The average molecular weight is 205 g/mol. The first kappa shape index (κ1) is 12.7. The molecule has 14 heavy (non-hydrogen) atoms. The van der Waals surface area contributed by atoms with Crippen LogP contribution in [0.5, 0.6) is 0 Å². The number of carbonyl (C=O) groups excluding carboxylic acids is 1. The van der Waals surface area contributed by atoms with Gasteiger partial charge in [-0.2, -0.15) is 0 Å². The summed E-state index contributed by atoms with van der Waals surface area (Å²) in [5.74, 6) is -0.328. The van der Waals surface area contributed by atoms with E-state index in [2.05, 4.69) is 4.84 Å². The number of unbranched alkanes of at least 4 members (excludes halogenated alkanes) is 1. The van der Waals surface area contributed by atoms with Crippen LogP contribution >= 0.6 is 0 Å². The second-order valence-corrected chi connectivity index (χ2v) is 2.73. The SMILES string of the molecule is CCCCOC(=O)CCCO[N+](=O)[O-]. The van der Waals surface area contributed by atoms with Crippen molar-refractivity contribution < 1.29 is 19.5 Å². The first-order valence-corrected chi connectivity index (χ1v) is 4.59. The van der Waals surface area contributed by atoms with Gasteiger partial charge in [0.1, 0.15) is 0 Å². The van der Waals surface area contributed by atoms with Gasteiger partial charge in [0.05, 0.1) is 13.2 Å². The summed E-state index contributed by atoms with van der Waals surface area (Å²) in [5, 5.41) is 8.85. The molecule has 0 aromatic heterocycles. The topological polar surface area (TPSA) is 78.7 Å². The molecule has 0 radical (unpaired) electrons. The molecule has 0 unspecified atom stereocenters. The fourth-order valence-corrected chi connectivity index (χ4v) is 0.758. The molecule has 0 rings (SSSR count). The summed E-state index contributed by atoms with van der Waals surface area (Å²) in [5.41, 5.74) is 0. The van der Waals surface area contributed by atoms with Crippen molar-refractivity contribution in [2.45, 2.75) is 32.6 Å². The van der Waals surface area contributed by atoms with Gasteiger partial charge in [0.2, 0.25) is 0 Å². The summed E-state index contributed by atoms with van der Waals surface area (Å²) in [6, 6.07) is 0. The smallest absolute Gasteiger partial charge is 0.305 e. The number of hydrogen-bond donors (Lipinski definition) is 0. The average Bonchev–Trinajstić information content (AvgIpc) is 2.13. The molecule has 0 aliphatic carbocycles. The van der Waals surface area contributed by atoms with Gasteiger partial charge in [-0.15, -0.1) is 10.1 Å². The molecule has 0 aromatic carbocycles. The van der Waals surface area contributed by atoms with Crippen molar-refractivity contribution in [2.24, 2.45) is 0 Å². The van der Waals surface area contributed by atoms with Gasteiger partial charge in [0.15, 0.2) is 0 Å². The van der Waals surface area contributed by atoms with Gasteiger partial charge < -0.3 is 9.57 Å². The van der Waals surface area contributed by atoms with Gasteiger partial charge in [0, 0.05) is 6.42 Å². The first-order chi connectivity index (χ1) is 6.66. The number of ether oxygens (including phenoxy) is 1. The number of hydrogen-bond acceptors (Lipinski definition) is 5. The molecule has 0 atom stereocenters. The van der Waals surface area contributed by atoms with E-state index in [1.807, 2.05) is 6.92 Å². The molecule has 0 saturated heterocycles. The molecule has 0 fully saturated rings. The molecule has 0 saturated carbocycles. The lowest BCUT2D eigenvalue weighted by Crippen LogP contribution is -2.08. The molecule has 0 heterocycles. The lowest BCUT2D eigenvalue weighted by molar-refractivity contribution is -0.757. The third kappa shape index (κ3) is 8.76. The van der Waals surface area contributed by atoms with E-state index < -0.39 is 5.09 Å². The first-order valence-electron chi connectivity index (χ1n) is 4.59. The number of nitrogens with zero attached hydrogens (tertiary/aromatic N) is 1. The highest BCUT2D eigenvalue weighted by Crippen LogP contribution is 1.96. The second kappa shape index (κ2) is 8.28. The van der Waals surface area contributed by atoms with E-state index in [1.165, 1.54) is 0 Å². The van der Waals surface area contributed by atoms with Gasteiger partial charge in [-0.05, 0) is 12.8 Å². The maximum absolute atomic E-state index is 10.9. The Balaban J connectivity index is 3.22. The quantitative estimate of drug-likeness (QED) is 0.258. The Labute approximate surface area is 82.3 Å². The summed E-state index contributed by atoms with van der Waals surface area (Å²) in [6.07, 6.45) is 2.29. The molecule has 0 amide bonds. The van der Waals surface area contributed by atoms with Gasteiger partial charge in [-0.1, -0.05) is 13.3 Å². The van der Waals surface area contributed by atoms with Crippen molar-refractivity contribution in [3.63, 3.8) is 0 Å². The highest BCUT2D eigenvalue weighted by molar-refractivity contribution is 5.69. The third-order valence-electron chi connectivity index (χ3n) is 1.48. The molecule has 0 aliphatic rings. The van der Waals surface area contributed by atoms with E-state index in [-0.39, 0.29) is 19.0 Å². The largest absolute Gasteiger partial charge is 0.466 e. The van der Waals surface area contributed by atoms with Gasteiger partial charge in [0.25, 0.3) is 5.09 Å². The summed E-state index contributed by atoms with van der Waals surface area (Å²) in [4.78, 5) is 24.7. The van der Waals surface area contributed by atoms with E-state index in [1.54, 1.807) is 0 Å². The fourth-order valence-electron chi connectivity index (χ4n) is 0.758. The molecule has 6 nitrogen and oxygen atoms in total. The van der Waals surface area contributed by atoms with Crippen LogP contribution in [0.25, 0.3) is 0 Å².